The van der Waals surface area contributed by atoms with Crippen molar-refractivity contribution in [1.29, 1.82) is 0 Å². The second kappa shape index (κ2) is 5.79. The third-order valence-corrected chi connectivity index (χ3v) is 3.92. The van der Waals surface area contributed by atoms with Crippen LogP contribution in [0.15, 0.2) is 18.2 Å². The van der Waals surface area contributed by atoms with Crippen molar-refractivity contribution in [2.24, 2.45) is 0 Å². The number of aromatic amines is 1. The standard InChI is InChI=1S/C17H19NO5/c1-19-10-6-7-11(20-2)15-13(10)9-8-12(21-3)16(22-4)17(23-5)14(9)18-15/h6-8,18H,1-5H3. The van der Waals surface area contributed by atoms with E-state index >= 15 is 0 Å². The first-order valence-electron chi connectivity index (χ1n) is 7.05. The summed E-state index contributed by atoms with van der Waals surface area (Å²) in [7, 11) is 8.03. The van der Waals surface area contributed by atoms with Crippen molar-refractivity contribution in [1.82, 2.24) is 4.98 Å². The van der Waals surface area contributed by atoms with Crippen LogP contribution in [0.5, 0.6) is 28.7 Å². The van der Waals surface area contributed by atoms with Crippen LogP contribution < -0.4 is 23.7 Å². The Morgan fingerprint density at radius 2 is 1.26 bits per heavy atom. The first-order chi connectivity index (χ1) is 11.2. The first-order valence-corrected chi connectivity index (χ1v) is 7.05. The van der Waals surface area contributed by atoms with Gasteiger partial charge in [-0.1, -0.05) is 0 Å². The van der Waals surface area contributed by atoms with E-state index in [9.17, 15) is 0 Å². The molecule has 1 N–H and O–H groups in total. The van der Waals surface area contributed by atoms with Gasteiger partial charge in [0.15, 0.2) is 11.5 Å². The van der Waals surface area contributed by atoms with Gasteiger partial charge in [-0.3, -0.25) is 0 Å². The van der Waals surface area contributed by atoms with Gasteiger partial charge in [-0.2, -0.15) is 0 Å². The molecule has 0 unspecified atom stereocenters. The molecule has 3 aromatic rings. The Morgan fingerprint density at radius 3 is 1.83 bits per heavy atom. The average molecular weight is 317 g/mol. The lowest BCUT2D eigenvalue weighted by atomic mass is 10.1. The van der Waals surface area contributed by atoms with Crippen molar-refractivity contribution in [2.45, 2.75) is 0 Å². The molecule has 0 bridgehead atoms. The van der Waals surface area contributed by atoms with Gasteiger partial charge in [-0.15, -0.1) is 0 Å². The number of fused-ring (bicyclic) bond motifs is 3. The summed E-state index contributed by atoms with van der Waals surface area (Å²) >= 11 is 0. The summed E-state index contributed by atoms with van der Waals surface area (Å²) in [6.07, 6.45) is 0. The van der Waals surface area contributed by atoms with E-state index in [1.165, 1.54) is 0 Å². The highest BCUT2D eigenvalue weighted by atomic mass is 16.5. The third-order valence-electron chi connectivity index (χ3n) is 3.92. The topological polar surface area (TPSA) is 61.9 Å². The summed E-state index contributed by atoms with van der Waals surface area (Å²) in [6.45, 7) is 0. The predicted molar refractivity (Wildman–Crippen MR) is 88.6 cm³/mol. The van der Waals surface area contributed by atoms with Gasteiger partial charge in [0.05, 0.1) is 52.0 Å². The lowest BCUT2D eigenvalue weighted by molar-refractivity contribution is 0.327. The molecule has 0 amide bonds. The van der Waals surface area contributed by atoms with Crippen molar-refractivity contribution in [3.63, 3.8) is 0 Å². The molecule has 2 aromatic carbocycles. The molecule has 0 radical (unpaired) electrons. The van der Waals surface area contributed by atoms with E-state index in [0.717, 1.165) is 33.3 Å². The Morgan fingerprint density at radius 1 is 0.652 bits per heavy atom. The molecule has 6 nitrogen and oxygen atoms in total. The molecule has 0 atom stereocenters. The van der Waals surface area contributed by atoms with Crippen molar-refractivity contribution >= 4 is 21.8 Å². The molecule has 3 rings (SSSR count). The summed E-state index contributed by atoms with van der Waals surface area (Å²) in [5, 5.41) is 1.81. The SMILES string of the molecule is COc1cc2c([nH]c3c(OC)ccc(OC)c32)c(OC)c1OC. The van der Waals surface area contributed by atoms with Crippen molar-refractivity contribution in [2.75, 3.05) is 35.5 Å². The maximum absolute atomic E-state index is 5.55. The van der Waals surface area contributed by atoms with Crippen LogP contribution in [0.25, 0.3) is 21.8 Å². The number of methoxy groups -OCH3 is 5. The van der Waals surface area contributed by atoms with Crippen molar-refractivity contribution in [3.8, 4) is 28.7 Å². The lowest BCUT2D eigenvalue weighted by Gasteiger charge is -2.13. The van der Waals surface area contributed by atoms with Crippen LogP contribution in [-0.4, -0.2) is 40.5 Å². The minimum atomic E-state index is 0.534. The summed E-state index contributed by atoms with van der Waals surface area (Å²) in [5.41, 5.74) is 1.62. The zero-order chi connectivity index (χ0) is 16.6. The molecule has 6 heteroatoms. The second-order valence-corrected chi connectivity index (χ2v) is 4.91. The van der Waals surface area contributed by atoms with Crippen LogP contribution in [0.3, 0.4) is 0 Å². The number of rotatable bonds is 5. The first kappa shape index (κ1) is 15.1. The van der Waals surface area contributed by atoms with Gasteiger partial charge >= 0.3 is 0 Å². The van der Waals surface area contributed by atoms with E-state index in [2.05, 4.69) is 4.98 Å². The highest BCUT2D eigenvalue weighted by Gasteiger charge is 2.22. The number of hydrogen-bond acceptors (Lipinski definition) is 5. The Kier molecular flexibility index (Phi) is 3.82. The largest absolute Gasteiger partial charge is 0.496 e. The van der Waals surface area contributed by atoms with Crippen LogP contribution in [0.4, 0.5) is 0 Å². The zero-order valence-electron chi connectivity index (χ0n) is 13.8. The van der Waals surface area contributed by atoms with Crippen LogP contribution in [-0.2, 0) is 0 Å². The van der Waals surface area contributed by atoms with Crippen molar-refractivity contribution < 1.29 is 23.7 Å². The number of H-pyrrole nitrogens is 1. The molecular weight excluding hydrogens is 298 g/mol. The smallest absolute Gasteiger partial charge is 0.205 e. The minimum absolute atomic E-state index is 0.534. The number of ether oxygens (including phenoxy) is 5. The average Bonchev–Trinajstić information content (AvgIpc) is 2.98. The van der Waals surface area contributed by atoms with Crippen LogP contribution in [0.1, 0.15) is 0 Å². The van der Waals surface area contributed by atoms with E-state index in [0.29, 0.717) is 17.2 Å². The van der Waals surface area contributed by atoms with E-state index in [1.54, 1.807) is 35.5 Å². The van der Waals surface area contributed by atoms with Gasteiger partial charge in [0.25, 0.3) is 0 Å². The Hall–Kier alpha value is -2.76. The maximum atomic E-state index is 5.55. The van der Waals surface area contributed by atoms with E-state index in [4.69, 9.17) is 23.7 Å². The fourth-order valence-corrected chi connectivity index (χ4v) is 2.90. The molecule has 1 heterocycles. The van der Waals surface area contributed by atoms with E-state index < -0.39 is 0 Å². The molecule has 0 fully saturated rings. The van der Waals surface area contributed by atoms with Gasteiger partial charge < -0.3 is 28.7 Å². The van der Waals surface area contributed by atoms with Gasteiger partial charge in [0.2, 0.25) is 5.75 Å². The Bertz CT molecular complexity index is 869. The molecule has 122 valence electrons. The Labute approximate surface area is 133 Å². The Balaban J connectivity index is 2.54. The molecule has 0 aliphatic rings. The fraction of sp³-hybridized carbons (Fsp3) is 0.294. The molecular formula is C17H19NO5. The second-order valence-electron chi connectivity index (χ2n) is 4.91. The lowest BCUT2D eigenvalue weighted by Crippen LogP contribution is -1.95. The molecule has 23 heavy (non-hydrogen) atoms. The van der Waals surface area contributed by atoms with Crippen LogP contribution in [0, 0.1) is 0 Å². The predicted octanol–water partition coefficient (Wildman–Crippen LogP) is 3.36. The summed E-state index contributed by atoms with van der Waals surface area (Å²) < 4.78 is 27.4. The highest BCUT2D eigenvalue weighted by molar-refractivity contribution is 6.15. The molecule has 0 aliphatic heterocycles. The van der Waals surface area contributed by atoms with Gasteiger partial charge in [-0.25, -0.2) is 0 Å². The van der Waals surface area contributed by atoms with Gasteiger partial charge in [-0.05, 0) is 18.2 Å². The summed E-state index contributed by atoms with van der Waals surface area (Å²) in [4.78, 5) is 3.35. The third kappa shape index (κ3) is 2.10. The van der Waals surface area contributed by atoms with Gasteiger partial charge in [0.1, 0.15) is 11.5 Å². The normalized spacial score (nSPS) is 10.8. The van der Waals surface area contributed by atoms with Gasteiger partial charge in [0, 0.05) is 5.39 Å². The molecule has 0 saturated carbocycles. The number of nitrogens with one attached hydrogen (secondary N) is 1. The van der Waals surface area contributed by atoms with Crippen molar-refractivity contribution in [3.05, 3.63) is 18.2 Å². The van der Waals surface area contributed by atoms with Crippen LogP contribution >= 0.6 is 0 Å². The number of aromatic nitrogens is 1. The van der Waals surface area contributed by atoms with E-state index in [1.807, 2.05) is 18.2 Å². The fourth-order valence-electron chi connectivity index (χ4n) is 2.90. The highest BCUT2D eigenvalue weighted by Crippen LogP contribution is 2.48. The zero-order valence-corrected chi connectivity index (χ0v) is 13.8. The quantitative estimate of drug-likeness (QED) is 0.782. The summed E-state index contributed by atoms with van der Waals surface area (Å²) in [6, 6.07) is 5.63. The molecule has 0 spiro atoms. The monoisotopic (exact) mass is 317 g/mol. The molecule has 0 saturated heterocycles. The van der Waals surface area contributed by atoms with E-state index in [-0.39, 0.29) is 0 Å². The minimum Gasteiger partial charge on any atom is -0.496 e. The summed E-state index contributed by atoms with van der Waals surface area (Å²) in [5.74, 6) is 3.15. The maximum Gasteiger partial charge on any atom is 0.205 e. The number of hydrogen-bond donors (Lipinski definition) is 1. The molecule has 0 aliphatic carbocycles. The molecule has 1 aromatic heterocycles. The van der Waals surface area contributed by atoms with Crippen LogP contribution in [0.2, 0.25) is 0 Å². The number of benzene rings is 2.